The molecular weight excluding hydrogens is 379 g/mol. The van der Waals surface area contributed by atoms with Gasteiger partial charge in [-0.15, -0.1) is 0 Å². The second-order valence-electron chi connectivity index (χ2n) is 5.19. The number of carbonyl (C=O) groups excluding carboxylic acids is 2. The van der Waals surface area contributed by atoms with Crippen molar-refractivity contribution in [2.75, 3.05) is 30.9 Å². The molecule has 0 heterocycles. The van der Waals surface area contributed by atoms with Crippen LogP contribution in [0.25, 0.3) is 0 Å². The zero-order valence-corrected chi connectivity index (χ0v) is 14.8. The smallest absolute Gasteiger partial charge is 0.339 e. The lowest BCUT2D eigenvalue weighted by Crippen LogP contribution is -2.21. The quantitative estimate of drug-likeness (QED) is 0.788. The SMILES string of the molecule is CN(C)c1ccc(NC(=O)COC(=O)c2cc(F)ccc2Br)cc1. The van der Waals surface area contributed by atoms with Gasteiger partial charge in [0.25, 0.3) is 5.91 Å². The van der Waals surface area contributed by atoms with Crippen LogP contribution < -0.4 is 10.2 Å². The van der Waals surface area contributed by atoms with E-state index in [1.54, 1.807) is 12.1 Å². The van der Waals surface area contributed by atoms with Gasteiger partial charge in [-0.25, -0.2) is 9.18 Å². The molecule has 0 atom stereocenters. The summed E-state index contributed by atoms with van der Waals surface area (Å²) >= 11 is 3.14. The minimum absolute atomic E-state index is 0.0261. The van der Waals surface area contributed by atoms with E-state index in [1.165, 1.54) is 12.1 Å². The number of halogens is 2. The zero-order chi connectivity index (χ0) is 17.7. The number of rotatable bonds is 5. The number of nitrogens with one attached hydrogen (secondary N) is 1. The number of anilines is 2. The second kappa shape index (κ2) is 7.92. The normalized spacial score (nSPS) is 10.2. The summed E-state index contributed by atoms with van der Waals surface area (Å²) in [6.07, 6.45) is 0. The van der Waals surface area contributed by atoms with Crippen LogP contribution in [0.1, 0.15) is 10.4 Å². The van der Waals surface area contributed by atoms with E-state index < -0.39 is 24.3 Å². The number of esters is 1. The lowest BCUT2D eigenvalue weighted by molar-refractivity contribution is -0.119. The first-order valence-corrected chi connectivity index (χ1v) is 7.85. The van der Waals surface area contributed by atoms with E-state index in [2.05, 4.69) is 21.2 Å². The highest BCUT2D eigenvalue weighted by Gasteiger charge is 2.14. The van der Waals surface area contributed by atoms with Crippen LogP contribution in [0.3, 0.4) is 0 Å². The number of hydrogen-bond donors (Lipinski definition) is 1. The van der Waals surface area contributed by atoms with Crippen molar-refractivity contribution in [1.82, 2.24) is 0 Å². The molecule has 24 heavy (non-hydrogen) atoms. The fourth-order valence-corrected chi connectivity index (χ4v) is 2.31. The van der Waals surface area contributed by atoms with Crippen molar-refractivity contribution in [3.05, 3.63) is 58.3 Å². The van der Waals surface area contributed by atoms with E-state index >= 15 is 0 Å². The maximum atomic E-state index is 13.2. The summed E-state index contributed by atoms with van der Waals surface area (Å²) in [6, 6.07) is 10.9. The van der Waals surface area contributed by atoms with Gasteiger partial charge in [-0.05, 0) is 58.4 Å². The van der Waals surface area contributed by atoms with Gasteiger partial charge in [0.2, 0.25) is 0 Å². The lowest BCUT2D eigenvalue weighted by atomic mass is 10.2. The maximum Gasteiger partial charge on any atom is 0.339 e. The average molecular weight is 395 g/mol. The predicted octanol–water partition coefficient (Wildman–Crippen LogP) is 3.45. The molecule has 0 spiro atoms. The fourth-order valence-electron chi connectivity index (χ4n) is 1.90. The van der Waals surface area contributed by atoms with Crippen molar-refractivity contribution in [3.8, 4) is 0 Å². The van der Waals surface area contributed by atoms with Crippen molar-refractivity contribution >= 4 is 39.2 Å². The number of carbonyl (C=O) groups is 2. The molecular formula is C17H16BrFN2O3. The first kappa shape index (κ1) is 17.9. The summed E-state index contributed by atoms with van der Waals surface area (Å²) in [6.45, 7) is -0.461. The number of hydrogen-bond acceptors (Lipinski definition) is 4. The van der Waals surface area contributed by atoms with Gasteiger partial charge in [0, 0.05) is 29.9 Å². The minimum Gasteiger partial charge on any atom is -0.452 e. The molecule has 0 aliphatic carbocycles. The van der Waals surface area contributed by atoms with Crippen molar-refractivity contribution in [3.63, 3.8) is 0 Å². The van der Waals surface area contributed by atoms with Crippen LogP contribution in [-0.2, 0) is 9.53 Å². The van der Waals surface area contributed by atoms with E-state index in [0.717, 1.165) is 11.8 Å². The van der Waals surface area contributed by atoms with Crippen molar-refractivity contribution in [2.24, 2.45) is 0 Å². The molecule has 0 unspecified atom stereocenters. The molecule has 0 saturated carbocycles. The van der Waals surface area contributed by atoms with Crippen LogP contribution in [0.15, 0.2) is 46.9 Å². The molecule has 0 radical (unpaired) electrons. The van der Waals surface area contributed by atoms with E-state index in [4.69, 9.17) is 4.74 Å². The topological polar surface area (TPSA) is 58.6 Å². The lowest BCUT2D eigenvalue weighted by Gasteiger charge is -2.13. The van der Waals surface area contributed by atoms with Gasteiger partial charge in [-0.1, -0.05) is 0 Å². The third kappa shape index (κ3) is 4.79. The molecule has 2 aromatic carbocycles. The molecule has 1 amide bonds. The van der Waals surface area contributed by atoms with Crippen LogP contribution in [0, 0.1) is 5.82 Å². The van der Waals surface area contributed by atoms with Crippen molar-refractivity contribution < 1.29 is 18.7 Å². The van der Waals surface area contributed by atoms with Crippen LogP contribution in [-0.4, -0.2) is 32.6 Å². The Morgan fingerprint density at radius 2 is 1.83 bits per heavy atom. The molecule has 2 aromatic rings. The Labute approximate surface area is 147 Å². The Kier molecular flexibility index (Phi) is 5.92. The van der Waals surface area contributed by atoms with Gasteiger partial charge in [0.1, 0.15) is 5.82 Å². The molecule has 2 rings (SSSR count). The molecule has 0 bridgehead atoms. The summed E-state index contributed by atoms with van der Waals surface area (Å²) in [4.78, 5) is 25.7. The number of nitrogens with zero attached hydrogens (tertiary/aromatic N) is 1. The van der Waals surface area contributed by atoms with E-state index in [-0.39, 0.29) is 5.56 Å². The molecule has 0 fully saturated rings. The van der Waals surface area contributed by atoms with E-state index in [1.807, 2.05) is 31.1 Å². The summed E-state index contributed by atoms with van der Waals surface area (Å²) in [5, 5.41) is 2.62. The highest BCUT2D eigenvalue weighted by atomic mass is 79.9. The first-order valence-electron chi connectivity index (χ1n) is 7.06. The van der Waals surface area contributed by atoms with Crippen molar-refractivity contribution in [1.29, 1.82) is 0 Å². The molecule has 0 aliphatic heterocycles. The number of benzene rings is 2. The van der Waals surface area contributed by atoms with Crippen LogP contribution >= 0.6 is 15.9 Å². The molecule has 1 N–H and O–H groups in total. The van der Waals surface area contributed by atoms with Gasteiger partial charge >= 0.3 is 5.97 Å². The summed E-state index contributed by atoms with van der Waals surface area (Å²) in [5.41, 5.74) is 1.61. The summed E-state index contributed by atoms with van der Waals surface area (Å²) < 4.78 is 18.5. The Hall–Kier alpha value is -2.41. The van der Waals surface area contributed by atoms with Gasteiger partial charge in [-0.3, -0.25) is 4.79 Å². The Bertz CT molecular complexity index is 748. The molecule has 7 heteroatoms. The maximum absolute atomic E-state index is 13.2. The van der Waals surface area contributed by atoms with Gasteiger partial charge < -0.3 is 15.0 Å². The molecule has 0 aromatic heterocycles. The minimum atomic E-state index is -0.778. The molecule has 126 valence electrons. The highest BCUT2D eigenvalue weighted by molar-refractivity contribution is 9.10. The first-order chi connectivity index (χ1) is 11.4. The van der Waals surface area contributed by atoms with Crippen LogP contribution in [0.2, 0.25) is 0 Å². The molecule has 0 saturated heterocycles. The summed E-state index contributed by atoms with van der Waals surface area (Å²) in [7, 11) is 3.83. The number of ether oxygens (including phenoxy) is 1. The zero-order valence-electron chi connectivity index (χ0n) is 13.2. The van der Waals surface area contributed by atoms with Crippen molar-refractivity contribution in [2.45, 2.75) is 0 Å². The fraction of sp³-hybridized carbons (Fsp3) is 0.176. The van der Waals surface area contributed by atoms with Gasteiger partial charge in [0.05, 0.1) is 5.56 Å². The summed E-state index contributed by atoms with van der Waals surface area (Å²) in [5.74, 6) is -1.82. The third-order valence-electron chi connectivity index (χ3n) is 3.15. The van der Waals surface area contributed by atoms with E-state index in [0.29, 0.717) is 10.2 Å². The predicted molar refractivity (Wildman–Crippen MR) is 93.8 cm³/mol. The third-order valence-corrected chi connectivity index (χ3v) is 3.84. The second-order valence-corrected chi connectivity index (χ2v) is 6.04. The van der Waals surface area contributed by atoms with Gasteiger partial charge in [0.15, 0.2) is 6.61 Å². The van der Waals surface area contributed by atoms with E-state index in [9.17, 15) is 14.0 Å². The average Bonchev–Trinajstić information content (AvgIpc) is 2.55. The Morgan fingerprint density at radius 3 is 2.46 bits per heavy atom. The Morgan fingerprint density at radius 1 is 1.17 bits per heavy atom. The number of amides is 1. The highest BCUT2D eigenvalue weighted by Crippen LogP contribution is 2.19. The van der Waals surface area contributed by atoms with Crippen LogP contribution in [0.5, 0.6) is 0 Å². The Balaban J connectivity index is 1.90. The van der Waals surface area contributed by atoms with Gasteiger partial charge in [-0.2, -0.15) is 0 Å². The standard InChI is InChI=1S/C17H16BrFN2O3/c1-21(2)13-6-4-12(5-7-13)20-16(22)10-24-17(23)14-9-11(19)3-8-15(14)18/h3-9H,10H2,1-2H3,(H,20,22). The van der Waals surface area contributed by atoms with Crippen LogP contribution in [0.4, 0.5) is 15.8 Å². The largest absolute Gasteiger partial charge is 0.452 e. The molecule has 0 aliphatic rings. The molecule has 5 nitrogen and oxygen atoms in total. The monoisotopic (exact) mass is 394 g/mol.